The molecule has 3 atom stereocenters. The van der Waals surface area contributed by atoms with E-state index in [0.29, 0.717) is 12.0 Å². The topological polar surface area (TPSA) is 46.3 Å². The van der Waals surface area contributed by atoms with Crippen LogP contribution in [0.5, 0.6) is 0 Å². The summed E-state index contributed by atoms with van der Waals surface area (Å²) < 4.78 is 0. The third-order valence-corrected chi connectivity index (χ3v) is 3.03. The summed E-state index contributed by atoms with van der Waals surface area (Å²) in [5, 5.41) is 0. The lowest BCUT2D eigenvalue weighted by Gasteiger charge is -2.30. The number of nitrogens with zero attached hydrogens (tertiary/aromatic N) is 1. The zero-order valence-electron chi connectivity index (χ0n) is 9.49. The molecule has 1 fully saturated rings. The Balaban J connectivity index is 2.67. The van der Waals surface area contributed by atoms with E-state index in [9.17, 15) is 4.79 Å². The van der Waals surface area contributed by atoms with Crippen LogP contribution in [0.4, 0.5) is 0 Å². The highest BCUT2D eigenvalue weighted by atomic mass is 16.2. The van der Waals surface area contributed by atoms with Gasteiger partial charge in [-0.3, -0.25) is 4.79 Å². The summed E-state index contributed by atoms with van der Waals surface area (Å²) >= 11 is 0. The Morgan fingerprint density at radius 3 is 2.64 bits per heavy atom. The molecule has 0 bridgehead atoms. The second-order valence-electron chi connectivity index (χ2n) is 4.66. The zero-order chi connectivity index (χ0) is 10.7. The normalized spacial score (nSPS) is 31.0. The molecule has 1 saturated heterocycles. The van der Waals surface area contributed by atoms with Crippen LogP contribution >= 0.6 is 0 Å². The molecular formula is C11H22N2O. The first kappa shape index (κ1) is 11.5. The first-order chi connectivity index (χ1) is 6.52. The SMILES string of the molecule is CC1CCCC(C)N(C(=O)[C@H](C)N)C1. The lowest BCUT2D eigenvalue weighted by Crippen LogP contribution is -2.47. The van der Waals surface area contributed by atoms with E-state index in [4.69, 9.17) is 5.73 Å². The van der Waals surface area contributed by atoms with Crippen LogP contribution < -0.4 is 5.73 Å². The number of carbonyl (C=O) groups excluding carboxylic acids is 1. The van der Waals surface area contributed by atoms with Gasteiger partial charge in [-0.1, -0.05) is 13.3 Å². The monoisotopic (exact) mass is 198 g/mol. The molecule has 1 heterocycles. The predicted octanol–water partition coefficient (Wildman–Crippen LogP) is 1.37. The van der Waals surface area contributed by atoms with Gasteiger partial charge in [0.05, 0.1) is 6.04 Å². The molecule has 1 aliphatic heterocycles. The number of carbonyl (C=O) groups is 1. The molecule has 1 aliphatic rings. The number of hydrogen-bond donors (Lipinski definition) is 1. The number of hydrogen-bond acceptors (Lipinski definition) is 2. The molecule has 2 unspecified atom stereocenters. The van der Waals surface area contributed by atoms with Crippen LogP contribution in [0.2, 0.25) is 0 Å². The van der Waals surface area contributed by atoms with Gasteiger partial charge in [-0.25, -0.2) is 0 Å². The van der Waals surface area contributed by atoms with Gasteiger partial charge in [-0.15, -0.1) is 0 Å². The van der Waals surface area contributed by atoms with E-state index in [1.165, 1.54) is 12.8 Å². The molecule has 2 N–H and O–H groups in total. The second kappa shape index (κ2) is 4.78. The number of likely N-dealkylation sites (tertiary alicyclic amines) is 1. The van der Waals surface area contributed by atoms with Gasteiger partial charge < -0.3 is 10.6 Å². The highest BCUT2D eigenvalue weighted by Gasteiger charge is 2.26. The van der Waals surface area contributed by atoms with Crippen molar-refractivity contribution in [2.45, 2.75) is 52.1 Å². The van der Waals surface area contributed by atoms with Crippen molar-refractivity contribution >= 4 is 5.91 Å². The number of nitrogens with two attached hydrogens (primary N) is 1. The molecule has 1 amide bonds. The van der Waals surface area contributed by atoms with E-state index >= 15 is 0 Å². The van der Waals surface area contributed by atoms with Crippen LogP contribution in [0.15, 0.2) is 0 Å². The fraction of sp³-hybridized carbons (Fsp3) is 0.909. The molecular weight excluding hydrogens is 176 g/mol. The van der Waals surface area contributed by atoms with Crippen molar-refractivity contribution in [3.05, 3.63) is 0 Å². The molecule has 0 spiro atoms. The summed E-state index contributed by atoms with van der Waals surface area (Å²) in [6.45, 7) is 6.98. The quantitative estimate of drug-likeness (QED) is 0.691. The smallest absolute Gasteiger partial charge is 0.239 e. The molecule has 3 heteroatoms. The van der Waals surface area contributed by atoms with Crippen molar-refractivity contribution in [3.8, 4) is 0 Å². The average Bonchev–Trinajstić information content (AvgIpc) is 2.27. The molecule has 14 heavy (non-hydrogen) atoms. The van der Waals surface area contributed by atoms with Crippen LogP contribution in [0.25, 0.3) is 0 Å². The van der Waals surface area contributed by atoms with Gasteiger partial charge in [0.25, 0.3) is 0 Å². The van der Waals surface area contributed by atoms with Gasteiger partial charge in [0, 0.05) is 12.6 Å². The first-order valence-electron chi connectivity index (χ1n) is 5.58. The lowest BCUT2D eigenvalue weighted by atomic mass is 10.1. The minimum Gasteiger partial charge on any atom is -0.338 e. The minimum absolute atomic E-state index is 0.103. The third kappa shape index (κ3) is 2.71. The van der Waals surface area contributed by atoms with Gasteiger partial charge in [-0.2, -0.15) is 0 Å². The summed E-state index contributed by atoms with van der Waals surface area (Å²) in [7, 11) is 0. The summed E-state index contributed by atoms with van der Waals surface area (Å²) in [5.74, 6) is 0.717. The summed E-state index contributed by atoms with van der Waals surface area (Å²) in [6, 6.07) is 0.00111. The maximum atomic E-state index is 11.8. The van der Waals surface area contributed by atoms with Gasteiger partial charge in [0.15, 0.2) is 0 Å². The van der Waals surface area contributed by atoms with Crippen molar-refractivity contribution in [2.24, 2.45) is 11.7 Å². The largest absolute Gasteiger partial charge is 0.338 e. The van der Waals surface area contributed by atoms with Gasteiger partial charge in [-0.05, 0) is 32.6 Å². The molecule has 0 aliphatic carbocycles. The van der Waals surface area contributed by atoms with Gasteiger partial charge >= 0.3 is 0 Å². The van der Waals surface area contributed by atoms with E-state index in [1.807, 2.05) is 4.90 Å². The van der Waals surface area contributed by atoms with Crippen molar-refractivity contribution < 1.29 is 4.79 Å². The van der Waals surface area contributed by atoms with Crippen LogP contribution in [0.1, 0.15) is 40.0 Å². The van der Waals surface area contributed by atoms with Gasteiger partial charge in [0.1, 0.15) is 0 Å². The molecule has 0 aromatic rings. The van der Waals surface area contributed by atoms with Crippen molar-refractivity contribution in [3.63, 3.8) is 0 Å². The van der Waals surface area contributed by atoms with Crippen molar-refractivity contribution in [2.75, 3.05) is 6.54 Å². The lowest BCUT2D eigenvalue weighted by molar-refractivity contribution is -0.134. The van der Waals surface area contributed by atoms with E-state index in [1.54, 1.807) is 6.92 Å². The van der Waals surface area contributed by atoms with E-state index in [2.05, 4.69) is 13.8 Å². The zero-order valence-corrected chi connectivity index (χ0v) is 9.49. The second-order valence-corrected chi connectivity index (χ2v) is 4.66. The van der Waals surface area contributed by atoms with Crippen molar-refractivity contribution in [1.29, 1.82) is 0 Å². The summed E-state index contributed by atoms with van der Waals surface area (Å²) in [5.41, 5.74) is 5.63. The molecule has 0 aromatic heterocycles. The maximum Gasteiger partial charge on any atom is 0.239 e. The average molecular weight is 198 g/mol. The fourth-order valence-corrected chi connectivity index (χ4v) is 2.09. The first-order valence-corrected chi connectivity index (χ1v) is 5.58. The highest BCUT2D eigenvalue weighted by Crippen LogP contribution is 2.20. The predicted molar refractivity (Wildman–Crippen MR) is 57.8 cm³/mol. The van der Waals surface area contributed by atoms with Gasteiger partial charge in [0.2, 0.25) is 5.91 Å². The third-order valence-electron chi connectivity index (χ3n) is 3.03. The Hall–Kier alpha value is -0.570. The van der Waals surface area contributed by atoms with Crippen LogP contribution in [0, 0.1) is 5.92 Å². The minimum atomic E-state index is -0.359. The standard InChI is InChI=1S/C11H22N2O/c1-8-5-4-6-9(2)13(7-8)11(14)10(3)12/h8-10H,4-7,12H2,1-3H3/t8?,9?,10-/m0/s1. The molecule has 0 saturated carbocycles. The molecule has 3 nitrogen and oxygen atoms in total. The molecule has 82 valence electrons. The van der Waals surface area contributed by atoms with E-state index in [0.717, 1.165) is 13.0 Å². The Morgan fingerprint density at radius 2 is 2.07 bits per heavy atom. The molecule has 0 aromatic carbocycles. The fourth-order valence-electron chi connectivity index (χ4n) is 2.09. The van der Waals surface area contributed by atoms with Crippen LogP contribution in [-0.4, -0.2) is 29.4 Å². The van der Waals surface area contributed by atoms with E-state index in [-0.39, 0.29) is 11.9 Å². The van der Waals surface area contributed by atoms with E-state index < -0.39 is 0 Å². The van der Waals surface area contributed by atoms with Crippen LogP contribution in [0.3, 0.4) is 0 Å². The number of amides is 1. The van der Waals surface area contributed by atoms with Crippen molar-refractivity contribution in [1.82, 2.24) is 4.90 Å². The number of rotatable bonds is 1. The van der Waals surface area contributed by atoms with Crippen LogP contribution in [-0.2, 0) is 4.79 Å². The highest BCUT2D eigenvalue weighted by molar-refractivity contribution is 5.81. The Bertz CT molecular complexity index is 203. The Morgan fingerprint density at radius 1 is 1.43 bits per heavy atom. The Labute approximate surface area is 86.6 Å². The summed E-state index contributed by atoms with van der Waals surface area (Å²) in [6.07, 6.45) is 3.57. The summed E-state index contributed by atoms with van der Waals surface area (Å²) in [4.78, 5) is 13.8. The molecule has 0 radical (unpaired) electrons. The Kier molecular flexibility index (Phi) is 3.93. The molecule has 1 rings (SSSR count). The maximum absolute atomic E-state index is 11.8.